The Morgan fingerprint density at radius 2 is 1.50 bits per heavy atom. The van der Waals surface area contributed by atoms with Crippen LogP contribution >= 0.6 is 0 Å². The first kappa shape index (κ1) is 19.3. The number of carbonyl (C=O) groups is 4. The van der Waals surface area contributed by atoms with Crippen molar-refractivity contribution >= 4 is 29.3 Å². The molecule has 0 heterocycles. The van der Waals surface area contributed by atoms with Gasteiger partial charge in [0, 0.05) is 24.1 Å². The minimum absolute atomic E-state index is 0.225. The van der Waals surface area contributed by atoms with Crippen LogP contribution in [0.4, 0.5) is 5.69 Å². The van der Waals surface area contributed by atoms with E-state index >= 15 is 0 Å². The number of hydrogen-bond donors (Lipinski definition) is 1. The zero-order valence-corrected chi connectivity index (χ0v) is 14.1. The third kappa shape index (κ3) is 4.65. The fourth-order valence-corrected chi connectivity index (χ4v) is 2.39. The number of Topliss-reactive ketones (excluding diaryl/α,β-unsaturated/α-hetero) is 1. The summed E-state index contributed by atoms with van der Waals surface area (Å²) in [5, 5.41) is 2.59. The van der Waals surface area contributed by atoms with Crippen molar-refractivity contribution in [3.8, 4) is 0 Å². The van der Waals surface area contributed by atoms with Gasteiger partial charge < -0.3 is 14.8 Å². The van der Waals surface area contributed by atoms with Crippen LogP contribution in [0.5, 0.6) is 0 Å². The van der Waals surface area contributed by atoms with E-state index in [1.807, 2.05) is 0 Å². The van der Waals surface area contributed by atoms with Gasteiger partial charge in [-0.2, -0.15) is 0 Å². The number of ether oxygens (including phenoxy) is 2. The summed E-state index contributed by atoms with van der Waals surface area (Å²) >= 11 is 0. The molecule has 0 saturated heterocycles. The molecule has 0 aliphatic carbocycles. The van der Waals surface area contributed by atoms with Crippen molar-refractivity contribution in [3.05, 3.63) is 29.8 Å². The summed E-state index contributed by atoms with van der Waals surface area (Å²) in [4.78, 5) is 47.5. The number of hydrogen-bond acceptors (Lipinski definition) is 6. The Kier molecular flexibility index (Phi) is 7.10. The van der Waals surface area contributed by atoms with E-state index in [9.17, 15) is 19.2 Å². The summed E-state index contributed by atoms with van der Waals surface area (Å²) in [6.07, 6.45) is 0.265. The van der Waals surface area contributed by atoms with Crippen molar-refractivity contribution in [3.63, 3.8) is 0 Å². The molecule has 7 nitrogen and oxygen atoms in total. The molecule has 0 aromatic heterocycles. The number of methoxy groups -OCH3 is 2. The summed E-state index contributed by atoms with van der Waals surface area (Å²) in [7, 11) is 2.30. The average molecular weight is 335 g/mol. The molecule has 0 saturated carbocycles. The van der Waals surface area contributed by atoms with Crippen LogP contribution in [0.2, 0.25) is 0 Å². The number of carbonyl (C=O) groups excluding carboxylic acids is 4. The quantitative estimate of drug-likeness (QED) is 0.463. The SMILES string of the molecule is CCC(C(=O)c1ccc(NC(C)=O)cc1)C(C(=O)OC)C(=O)OC. The van der Waals surface area contributed by atoms with Crippen LogP contribution in [0, 0.1) is 11.8 Å². The van der Waals surface area contributed by atoms with Crippen molar-refractivity contribution in [2.45, 2.75) is 20.3 Å². The highest BCUT2D eigenvalue weighted by Gasteiger charge is 2.40. The lowest BCUT2D eigenvalue weighted by Crippen LogP contribution is -2.37. The standard InChI is InChI=1S/C17H21NO6/c1-5-13(14(16(21)23-3)17(22)24-4)15(20)11-6-8-12(9-7-11)18-10(2)19/h6-9,13-14H,5H2,1-4H3,(H,18,19). The number of anilines is 1. The van der Waals surface area contributed by atoms with E-state index in [-0.39, 0.29) is 18.1 Å². The van der Waals surface area contributed by atoms with Crippen LogP contribution in [-0.4, -0.2) is 37.8 Å². The maximum absolute atomic E-state index is 12.7. The van der Waals surface area contributed by atoms with Crippen LogP contribution in [0.1, 0.15) is 30.6 Å². The monoisotopic (exact) mass is 335 g/mol. The summed E-state index contributed by atoms with van der Waals surface area (Å²) in [5.74, 6) is -4.41. The molecule has 1 unspecified atom stereocenters. The normalized spacial score (nSPS) is 11.5. The third-order valence-corrected chi connectivity index (χ3v) is 3.58. The van der Waals surface area contributed by atoms with E-state index in [0.717, 1.165) is 14.2 Å². The van der Waals surface area contributed by atoms with Crippen LogP contribution < -0.4 is 5.32 Å². The Morgan fingerprint density at radius 3 is 1.88 bits per heavy atom. The number of amides is 1. The first-order valence-electron chi connectivity index (χ1n) is 7.43. The van der Waals surface area contributed by atoms with Gasteiger partial charge in [-0.1, -0.05) is 6.92 Å². The minimum Gasteiger partial charge on any atom is -0.468 e. The average Bonchev–Trinajstić information content (AvgIpc) is 2.57. The summed E-state index contributed by atoms with van der Waals surface area (Å²) < 4.78 is 9.26. The van der Waals surface area contributed by atoms with Crippen molar-refractivity contribution < 1.29 is 28.7 Å². The lowest BCUT2D eigenvalue weighted by molar-refractivity contribution is -0.160. The number of rotatable bonds is 7. The Balaban J connectivity index is 3.09. The molecule has 7 heteroatoms. The van der Waals surface area contributed by atoms with Gasteiger partial charge in [0.05, 0.1) is 14.2 Å². The molecule has 1 atom stereocenters. The van der Waals surface area contributed by atoms with E-state index < -0.39 is 23.8 Å². The first-order valence-corrected chi connectivity index (χ1v) is 7.43. The van der Waals surface area contributed by atoms with Gasteiger partial charge in [-0.05, 0) is 30.7 Å². The summed E-state index contributed by atoms with van der Waals surface area (Å²) in [5.41, 5.74) is 0.873. The van der Waals surface area contributed by atoms with Crippen molar-refractivity contribution in [2.24, 2.45) is 11.8 Å². The molecule has 1 aromatic carbocycles. The number of ketones is 1. The zero-order valence-electron chi connectivity index (χ0n) is 14.1. The molecule has 24 heavy (non-hydrogen) atoms. The van der Waals surface area contributed by atoms with Gasteiger partial charge in [0.15, 0.2) is 11.7 Å². The topological polar surface area (TPSA) is 98.8 Å². The Bertz CT molecular complexity index is 606. The maximum atomic E-state index is 12.7. The van der Waals surface area contributed by atoms with Crippen LogP contribution in [0.25, 0.3) is 0 Å². The molecule has 0 radical (unpaired) electrons. The third-order valence-electron chi connectivity index (χ3n) is 3.58. The molecule has 1 rings (SSSR count). The number of nitrogens with one attached hydrogen (secondary N) is 1. The summed E-state index contributed by atoms with van der Waals surface area (Å²) in [6.45, 7) is 3.08. The molecular weight excluding hydrogens is 314 g/mol. The largest absolute Gasteiger partial charge is 0.468 e. The highest BCUT2D eigenvalue weighted by Crippen LogP contribution is 2.24. The van der Waals surface area contributed by atoms with Crippen molar-refractivity contribution in [2.75, 3.05) is 19.5 Å². The zero-order chi connectivity index (χ0) is 18.3. The van der Waals surface area contributed by atoms with Crippen molar-refractivity contribution in [1.29, 1.82) is 0 Å². The first-order chi connectivity index (χ1) is 11.3. The van der Waals surface area contributed by atoms with Gasteiger partial charge >= 0.3 is 11.9 Å². The van der Waals surface area contributed by atoms with E-state index in [1.165, 1.54) is 19.1 Å². The highest BCUT2D eigenvalue weighted by molar-refractivity contribution is 6.06. The summed E-state index contributed by atoms with van der Waals surface area (Å²) in [6, 6.07) is 6.21. The van der Waals surface area contributed by atoms with Crippen LogP contribution in [0.3, 0.4) is 0 Å². The van der Waals surface area contributed by atoms with Gasteiger partial charge in [0.25, 0.3) is 0 Å². The fourth-order valence-electron chi connectivity index (χ4n) is 2.39. The van der Waals surface area contributed by atoms with Gasteiger partial charge in [0.2, 0.25) is 5.91 Å². The molecule has 0 fully saturated rings. The molecule has 1 aromatic rings. The molecule has 1 amide bonds. The van der Waals surface area contributed by atoms with Gasteiger partial charge in [-0.25, -0.2) is 0 Å². The second kappa shape index (κ2) is 8.81. The second-order valence-corrected chi connectivity index (χ2v) is 5.16. The molecule has 0 aliphatic heterocycles. The Morgan fingerprint density at radius 1 is 1.00 bits per heavy atom. The second-order valence-electron chi connectivity index (χ2n) is 5.16. The molecule has 0 aliphatic rings. The lowest BCUT2D eigenvalue weighted by atomic mass is 9.83. The van der Waals surface area contributed by atoms with E-state index in [1.54, 1.807) is 19.1 Å². The van der Waals surface area contributed by atoms with E-state index in [0.29, 0.717) is 11.3 Å². The molecule has 0 bridgehead atoms. The van der Waals surface area contributed by atoms with Crippen LogP contribution in [-0.2, 0) is 23.9 Å². The van der Waals surface area contributed by atoms with Crippen LogP contribution in [0.15, 0.2) is 24.3 Å². The Hall–Kier alpha value is -2.70. The fraction of sp³-hybridized carbons (Fsp3) is 0.412. The predicted octanol–water partition coefficient (Wildman–Crippen LogP) is 1.82. The van der Waals surface area contributed by atoms with Gasteiger partial charge in [-0.3, -0.25) is 19.2 Å². The highest BCUT2D eigenvalue weighted by atomic mass is 16.5. The Labute approximate surface area is 140 Å². The molecule has 1 N–H and O–H groups in total. The van der Waals surface area contributed by atoms with E-state index in [4.69, 9.17) is 0 Å². The predicted molar refractivity (Wildman–Crippen MR) is 86.4 cm³/mol. The van der Waals surface area contributed by atoms with Gasteiger partial charge in [-0.15, -0.1) is 0 Å². The van der Waals surface area contributed by atoms with Crippen molar-refractivity contribution in [1.82, 2.24) is 0 Å². The number of benzene rings is 1. The lowest BCUT2D eigenvalue weighted by Gasteiger charge is -2.21. The minimum atomic E-state index is -1.31. The smallest absolute Gasteiger partial charge is 0.320 e. The molecule has 130 valence electrons. The molecule has 0 spiro atoms. The molecular formula is C17H21NO6. The number of esters is 2. The van der Waals surface area contributed by atoms with E-state index in [2.05, 4.69) is 14.8 Å². The van der Waals surface area contributed by atoms with Gasteiger partial charge in [0.1, 0.15) is 0 Å². The maximum Gasteiger partial charge on any atom is 0.320 e.